The number of unbranched alkanes of at least 4 members (excludes halogenated alkanes) is 2. The molecule has 0 fully saturated rings. The minimum Gasteiger partial charge on any atom is -0.370 e. The predicted octanol–water partition coefficient (Wildman–Crippen LogP) is 3.87. The summed E-state index contributed by atoms with van der Waals surface area (Å²) in [4.78, 5) is 1.66. The summed E-state index contributed by atoms with van der Waals surface area (Å²) in [5.74, 6) is -0.996. The third kappa shape index (κ3) is 4.75. The van der Waals surface area contributed by atoms with Crippen LogP contribution < -0.4 is 10.6 Å². The largest absolute Gasteiger partial charge is 0.370 e. The van der Waals surface area contributed by atoms with Crippen molar-refractivity contribution in [3.05, 3.63) is 29.3 Å². The summed E-state index contributed by atoms with van der Waals surface area (Å²) in [7, 11) is 1.73. The van der Waals surface area contributed by atoms with E-state index in [-0.39, 0.29) is 11.7 Å². The van der Waals surface area contributed by atoms with Crippen LogP contribution in [0.1, 0.15) is 45.1 Å². The highest BCUT2D eigenvalue weighted by Gasteiger charge is 2.16. The average molecular weight is 284 g/mol. The smallest absolute Gasteiger partial charge is 0.149 e. The number of nitrogens with two attached hydrogens (primary N) is 1. The summed E-state index contributed by atoms with van der Waals surface area (Å²) < 4.78 is 28.2. The molecular formula is C16H26F2N2. The number of halogens is 2. The molecule has 0 bridgehead atoms. The van der Waals surface area contributed by atoms with Gasteiger partial charge < -0.3 is 10.6 Å². The fraction of sp³-hybridized carbons (Fsp3) is 0.625. The van der Waals surface area contributed by atoms with E-state index in [0.29, 0.717) is 18.5 Å². The van der Waals surface area contributed by atoms with Gasteiger partial charge in [-0.15, -0.1) is 0 Å². The van der Waals surface area contributed by atoms with Crippen molar-refractivity contribution >= 4 is 5.69 Å². The van der Waals surface area contributed by atoms with Crippen molar-refractivity contribution in [3.8, 4) is 0 Å². The van der Waals surface area contributed by atoms with Crippen LogP contribution in [0.3, 0.4) is 0 Å². The molecule has 0 saturated carbocycles. The Kier molecular flexibility index (Phi) is 6.93. The summed E-state index contributed by atoms with van der Waals surface area (Å²) in [6.45, 7) is 4.73. The quantitative estimate of drug-likeness (QED) is 0.734. The molecule has 0 aromatic heterocycles. The molecule has 1 unspecified atom stereocenters. The third-order valence-electron chi connectivity index (χ3n) is 3.58. The molecule has 0 spiro atoms. The highest BCUT2D eigenvalue weighted by Crippen LogP contribution is 2.25. The number of hydrogen-bond donors (Lipinski definition) is 1. The Morgan fingerprint density at radius 3 is 2.25 bits per heavy atom. The lowest BCUT2D eigenvalue weighted by Gasteiger charge is -2.21. The van der Waals surface area contributed by atoms with Crippen molar-refractivity contribution in [2.24, 2.45) is 5.73 Å². The van der Waals surface area contributed by atoms with Crippen LogP contribution in [0.15, 0.2) is 12.1 Å². The van der Waals surface area contributed by atoms with Gasteiger partial charge in [-0.2, -0.15) is 0 Å². The van der Waals surface area contributed by atoms with E-state index in [2.05, 4.69) is 6.92 Å². The molecule has 1 atom stereocenters. The highest BCUT2D eigenvalue weighted by molar-refractivity contribution is 5.50. The molecule has 0 amide bonds. The van der Waals surface area contributed by atoms with Crippen LogP contribution in [0.5, 0.6) is 0 Å². The van der Waals surface area contributed by atoms with Crippen molar-refractivity contribution in [2.45, 2.75) is 52.0 Å². The number of nitrogens with zero attached hydrogens (tertiary/aromatic N) is 1. The fourth-order valence-electron chi connectivity index (χ4n) is 2.26. The molecule has 0 aliphatic rings. The highest BCUT2D eigenvalue weighted by atomic mass is 19.1. The molecule has 4 heteroatoms. The molecule has 1 aromatic rings. The van der Waals surface area contributed by atoms with Crippen LogP contribution in [0.25, 0.3) is 0 Å². The lowest BCUT2D eigenvalue weighted by atomic mass is 10.0. The summed E-state index contributed by atoms with van der Waals surface area (Å²) >= 11 is 0. The molecule has 20 heavy (non-hydrogen) atoms. The first-order chi connectivity index (χ1) is 9.49. The van der Waals surface area contributed by atoms with Gasteiger partial charge in [0.05, 0.1) is 0 Å². The van der Waals surface area contributed by atoms with Gasteiger partial charge in [0.2, 0.25) is 0 Å². The number of hydrogen-bond acceptors (Lipinski definition) is 2. The average Bonchev–Trinajstić information content (AvgIpc) is 2.38. The van der Waals surface area contributed by atoms with Crippen LogP contribution in [-0.2, 0) is 6.42 Å². The predicted molar refractivity (Wildman–Crippen MR) is 81.1 cm³/mol. The monoisotopic (exact) mass is 284 g/mol. The van der Waals surface area contributed by atoms with Gasteiger partial charge >= 0.3 is 0 Å². The van der Waals surface area contributed by atoms with Crippen molar-refractivity contribution in [3.63, 3.8) is 0 Å². The molecule has 0 aliphatic heterocycles. The van der Waals surface area contributed by atoms with E-state index in [4.69, 9.17) is 5.73 Å². The van der Waals surface area contributed by atoms with E-state index in [0.717, 1.165) is 25.7 Å². The first-order valence-electron chi connectivity index (χ1n) is 7.44. The summed E-state index contributed by atoms with van der Waals surface area (Å²) in [6.07, 6.45) is 4.39. The van der Waals surface area contributed by atoms with E-state index in [1.165, 1.54) is 12.1 Å². The lowest BCUT2D eigenvalue weighted by molar-refractivity contribution is 0.564. The van der Waals surface area contributed by atoms with Crippen LogP contribution >= 0.6 is 0 Å². The maximum Gasteiger partial charge on any atom is 0.149 e. The van der Waals surface area contributed by atoms with E-state index >= 15 is 0 Å². The van der Waals surface area contributed by atoms with Gasteiger partial charge in [0.15, 0.2) is 0 Å². The van der Waals surface area contributed by atoms with E-state index in [1.54, 1.807) is 11.9 Å². The van der Waals surface area contributed by atoms with Gasteiger partial charge in [0.25, 0.3) is 0 Å². The molecule has 2 N–H and O–H groups in total. The second-order valence-electron chi connectivity index (χ2n) is 5.41. The van der Waals surface area contributed by atoms with Gasteiger partial charge in [-0.25, -0.2) is 8.78 Å². The second-order valence-corrected chi connectivity index (χ2v) is 5.41. The summed E-state index contributed by atoms with van der Waals surface area (Å²) in [5.41, 5.74) is 6.52. The zero-order valence-electron chi connectivity index (χ0n) is 12.8. The topological polar surface area (TPSA) is 29.3 Å². The molecule has 0 radical (unpaired) electrons. The molecule has 1 rings (SSSR count). The number of rotatable bonds is 8. The van der Waals surface area contributed by atoms with E-state index in [1.807, 2.05) is 6.92 Å². The van der Waals surface area contributed by atoms with Gasteiger partial charge in [0.1, 0.15) is 17.3 Å². The Bertz CT molecular complexity index is 398. The molecule has 0 saturated heterocycles. The number of anilines is 1. The molecule has 114 valence electrons. The Balaban J connectivity index is 2.82. The van der Waals surface area contributed by atoms with Gasteiger partial charge in [-0.1, -0.05) is 26.7 Å². The van der Waals surface area contributed by atoms with Crippen molar-refractivity contribution < 1.29 is 8.78 Å². The molecule has 0 heterocycles. The SMILES string of the molecule is CCCCCN(C)c1c(F)cc(CC(N)CC)cc1F. The standard InChI is InChI=1S/C16H26F2N2/c1-4-6-7-8-20(3)16-14(17)10-12(11-15(16)18)9-13(19)5-2/h10-11,13H,4-9,19H2,1-3H3. The Hall–Kier alpha value is -1.16. The van der Waals surface area contributed by atoms with Gasteiger partial charge in [0, 0.05) is 19.6 Å². The fourth-order valence-corrected chi connectivity index (χ4v) is 2.26. The summed E-state index contributed by atoms with van der Waals surface area (Å²) in [5, 5.41) is 0. The third-order valence-corrected chi connectivity index (χ3v) is 3.58. The van der Waals surface area contributed by atoms with Crippen LogP contribution in [0, 0.1) is 11.6 Å². The van der Waals surface area contributed by atoms with Crippen molar-refractivity contribution in [1.82, 2.24) is 0 Å². The zero-order chi connectivity index (χ0) is 15.1. The second kappa shape index (κ2) is 8.20. The lowest BCUT2D eigenvalue weighted by Crippen LogP contribution is -2.23. The van der Waals surface area contributed by atoms with Gasteiger partial charge in [-0.05, 0) is 37.0 Å². The summed E-state index contributed by atoms with van der Waals surface area (Å²) in [6, 6.07) is 2.76. The maximum atomic E-state index is 14.1. The zero-order valence-corrected chi connectivity index (χ0v) is 12.8. The molecule has 1 aromatic carbocycles. The Morgan fingerprint density at radius 2 is 1.75 bits per heavy atom. The van der Waals surface area contributed by atoms with Crippen LogP contribution in [0.4, 0.5) is 14.5 Å². The first kappa shape index (κ1) is 16.9. The Morgan fingerprint density at radius 1 is 1.15 bits per heavy atom. The van der Waals surface area contributed by atoms with E-state index < -0.39 is 11.6 Å². The minimum absolute atomic E-state index is 0.0538. The van der Waals surface area contributed by atoms with Crippen LogP contribution in [-0.4, -0.2) is 19.6 Å². The van der Waals surface area contributed by atoms with Crippen molar-refractivity contribution in [2.75, 3.05) is 18.5 Å². The molecular weight excluding hydrogens is 258 g/mol. The van der Waals surface area contributed by atoms with Crippen molar-refractivity contribution in [1.29, 1.82) is 0 Å². The number of benzene rings is 1. The minimum atomic E-state index is -0.498. The first-order valence-corrected chi connectivity index (χ1v) is 7.44. The Labute approximate surface area is 121 Å². The van der Waals surface area contributed by atoms with Gasteiger partial charge in [-0.3, -0.25) is 0 Å². The molecule has 2 nitrogen and oxygen atoms in total. The molecule has 0 aliphatic carbocycles. The normalized spacial score (nSPS) is 12.5. The van der Waals surface area contributed by atoms with E-state index in [9.17, 15) is 8.78 Å². The maximum absolute atomic E-state index is 14.1. The van der Waals surface area contributed by atoms with Crippen LogP contribution in [0.2, 0.25) is 0 Å².